The molecule has 0 aromatic heterocycles. The molecule has 1 aromatic rings. The van der Waals surface area contributed by atoms with Crippen LogP contribution in [0.3, 0.4) is 0 Å². The van der Waals surface area contributed by atoms with Gasteiger partial charge in [-0.15, -0.1) is 0 Å². The van der Waals surface area contributed by atoms with Crippen molar-refractivity contribution in [3.63, 3.8) is 0 Å². The van der Waals surface area contributed by atoms with Crippen LogP contribution in [0.1, 0.15) is 26.3 Å². The van der Waals surface area contributed by atoms with Crippen LogP contribution < -0.4 is 15.5 Å². The second-order valence-corrected chi connectivity index (χ2v) is 5.12. The van der Waals surface area contributed by atoms with E-state index in [1.807, 2.05) is 32.7 Å². The molecule has 20 heavy (non-hydrogen) atoms. The minimum atomic E-state index is -0.263. The summed E-state index contributed by atoms with van der Waals surface area (Å²) in [7, 11) is 1.83. The molecule has 0 aliphatic carbocycles. The van der Waals surface area contributed by atoms with Crippen LogP contribution in [-0.2, 0) is 11.3 Å². The molecular formula is C15H24FN3O. The first-order valence-corrected chi connectivity index (χ1v) is 6.93. The Balaban J connectivity index is 2.83. The highest BCUT2D eigenvalue weighted by molar-refractivity contribution is 5.81. The third-order valence-corrected chi connectivity index (χ3v) is 2.91. The molecule has 1 rings (SSSR count). The van der Waals surface area contributed by atoms with Gasteiger partial charge in [-0.05, 0) is 30.7 Å². The minimum absolute atomic E-state index is 0.0397. The topological polar surface area (TPSA) is 44.4 Å². The van der Waals surface area contributed by atoms with Crippen LogP contribution in [0.5, 0.6) is 0 Å². The third kappa shape index (κ3) is 5.17. The zero-order valence-corrected chi connectivity index (χ0v) is 12.7. The Morgan fingerprint density at radius 3 is 2.70 bits per heavy atom. The van der Waals surface area contributed by atoms with Gasteiger partial charge in [0.25, 0.3) is 0 Å². The Kier molecular flexibility index (Phi) is 6.45. The lowest BCUT2D eigenvalue weighted by atomic mass is 10.1. The largest absolute Gasteiger partial charge is 0.365 e. The number of hydrogen-bond donors (Lipinski definition) is 2. The lowest BCUT2D eigenvalue weighted by Gasteiger charge is -2.22. The fourth-order valence-corrected chi connectivity index (χ4v) is 1.94. The number of carbonyl (C=O) groups is 1. The van der Waals surface area contributed by atoms with Crippen LogP contribution in [0.25, 0.3) is 0 Å². The molecule has 5 heteroatoms. The van der Waals surface area contributed by atoms with Crippen LogP contribution >= 0.6 is 0 Å². The molecule has 2 N–H and O–H groups in total. The Morgan fingerprint density at radius 2 is 2.10 bits per heavy atom. The number of hydrogen-bond acceptors (Lipinski definition) is 3. The average Bonchev–Trinajstić information content (AvgIpc) is 2.36. The molecule has 1 aromatic carbocycles. The summed E-state index contributed by atoms with van der Waals surface area (Å²) in [6, 6.07) is 4.97. The monoisotopic (exact) mass is 281 g/mol. The molecule has 4 nitrogen and oxygen atoms in total. The van der Waals surface area contributed by atoms with E-state index >= 15 is 0 Å². The number of halogens is 1. The van der Waals surface area contributed by atoms with Crippen molar-refractivity contribution in [3.8, 4) is 0 Å². The highest BCUT2D eigenvalue weighted by Gasteiger charge is 2.12. The van der Waals surface area contributed by atoms with Crippen molar-refractivity contribution in [3.05, 3.63) is 29.6 Å². The second-order valence-electron chi connectivity index (χ2n) is 5.12. The van der Waals surface area contributed by atoms with Gasteiger partial charge in [-0.1, -0.05) is 13.8 Å². The minimum Gasteiger partial charge on any atom is -0.365 e. The zero-order chi connectivity index (χ0) is 15.1. The number of nitrogens with one attached hydrogen (secondary N) is 2. The van der Waals surface area contributed by atoms with Crippen molar-refractivity contribution >= 4 is 11.6 Å². The number of likely N-dealkylation sites (N-methyl/N-ethyl adjacent to an activating group) is 2. The van der Waals surface area contributed by atoms with E-state index in [1.54, 1.807) is 6.07 Å². The molecule has 0 spiro atoms. The van der Waals surface area contributed by atoms with Crippen LogP contribution in [0, 0.1) is 5.82 Å². The van der Waals surface area contributed by atoms with Gasteiger partial charge >= 0.3 is 0 Å². The summed E-state index contributed by atoms with van der Waals surface area (Å²) < 4.78 is 13.4. The lowest BCUT2D eigenvalue weighted by molar-refractivity contribution is -0.119. The maximum Gasteiger partial charge on any atom is 0.239 e. The van der Waals surface area contributed by atoms with E-state index in [2.05, 4.69) is 10.6 Å². The second kappa shape index (κ2) is 7.85. The van der Waals surface area contributed by atoms with Crippen LogP contribution in [0.4, 0.5) is 10.1 Å². The number of anilines is 1. The van der Waals surface area contributed by atoms with E-state index < -0.39 is 0 Å². The van der Waals surface area contributed by atoms with Gasteiger partial charge in [0.05, 0.1) is 6.54 Å². The van der Waals surface area contributed by atoms with Gasteiger partial charge in [0.1, 0.15) is 5.82 Å². The van der Waals surface area contributed by atoms with Gasteiger partial charge in [0.2, 0.25) is 5.91 Å². The molecular weight excluding hydrogens is 257 g/mol. The van der Waals surface area contributed by atoms with Crippen LogP contribution in [0.15, 0.2) is 18.2 Å². The number of amides is 1. The smallest absolute Gasteiger partial charge is 0.239 e. The first-order valence-electron chi connectivity index (χ1n) is 6.93. The first kappa shape index (κ1) is 16.4. The molecule has 0 heterocycles. The fourth-order valence-electron chi connectivity index (χ4n) is 1.94. The predicted octanol–water partition coefficient (Wildman–Crippen LogP) is 1.90. The van der Waals surface area contributed by atoms with Gasteiger partial charge in [0, 0.05) is 31.9 Å². The van der Waals surface area contributed by atoms with Crippen LogP contribution in [-0.4, -0.2) is 32.1 Å². The Labute approximate surface area is 120 Å². The van der Waals surface area contributed by atoms with E-state index in [9.17, 15) is 9.18 Å². The summed E-state index contributed by atoms with van der Waals surface area (Å²) in [5, 5.41) is 6.03. The molecule has 0 atom stereocenters. The Bertz CT molecular complexity index is 449. The van der Waals surface area contributed by atoms with E-state index in [0.717, 1.165) is 11.3 Å². The number of rotatable bonds is 7. The van der Waals surface area contributed by atoms with Crippen molar-refractivity contribution in [2.45, 2.75) is 33.4 Å². The van der Waals surface area contributed by atoms with E-state index in [0.29, 0.717) is 19.1 Å². The van der Waals surface area contributed by atoms with Gasteiger partial charge < -0.3 is 15.5 Å². The molecule has 0 saturated carbocycles. The van der Waals surface area contributed by atoms with Gasteiger partial charge in [-0.2, -0.15) is 0 Å². The van der Waals surface area contributed by atoms with Crippen LogP contribution in [0.2, 0.25) is 0 Å². The maximum atomic E-state index is 13.4. The highest BCUT2D eigenvalue weighted by atomic mass is 19.1. The molecule has 0 saturated heterocycles. The summed E-state index contributed by atoms with van der Waals surface area (Å²) in [4.78, 5) is 13.5. The maximum absolute atomic E-state index is 13.4. The van der Waals surface area contributed by atoms with E-state index in [1.165, 1.54) is 12.1 Å². The molecule has 0 unspecified atom stereocenters. The van der Waals surface area contributed by atoms with E-state index in [4.69, 9.17) is 0 Å². The highest BCUT2D eigenvalue weighted by Crippen LogP contribution is 2.20. The average molecular weight is 281 g/mol. The number of nitrogens with zero attached hydrogens (tertiary/aromatic N) is 1. The van der Waals surface area contributed by atoms with Crippen molar-refractivity contribution in [1.29, 1.82) is 0 Å². The zero-order valence-electron chi connectivity index (χ0n) is 12.7. The van der Waals surface area contributed by atoms with Gasteiger partial charge in [-0.3, -0.25) is 4.79 Å². The Hall–Kier alpha value is -1.62. The summed E-state index contributed by atoms with van der Waals surface area (Å²) >= 11 is 0. The number of benzene rings is 1. The standard InChI is InChI=1S/C15H24FN3O/c1-5-17-15(20)10-19(4)14-7-6-13(16)8-12(14)9-18-11(2)3/h6-8,11,18H,5,9-10H2,1-4H3,(H,17,20). The molecule has 0 bridgehead atoms. The van der Waals surface area contributed by atoms with Crippen molar-refractivity contribution in [2.24, 2.45) is 0 Å². The first-order chi connectivity index (χ1) is 9.43. The Morgan fingerprint density at radius 1 is 1.40 bits per heavy atom. The quantitative estimate of drug-likeness (QED) is 0.802. The fraction of sp³-hybridized carbons (Fsp3) is 0.533. The summed E-state index contributed by atoms with van der Waals surface area (Å²) in [6.45, 7) is 7.40. The molecule has 0 aliphatic heterocycles. The summed E-state index contributed by atoms with van der Waals surface area (Å²) in [5.41, 5.74) is 1.72. The molecule has 0 aliphatic rings. The lowest BCUT2D eigenvalue weighted by Crippen LogP contribution is -2.35. The molecule has 1 amide bonds. The summed E-state index contributed by atoms with van der Waals surface area (Å²) in [5.74, 6) is -0.303. The molecule has 0 fully saturated rings. The predicted molar refractivity (Wildman–Crippen MR) is 80.3 cm³/mol. The van der Waals surface area contributed by atoms with Crippen molar-refractivity contribution in [2.75, 3.05) is 25.0 Å². The molecule has 0 radical (unpaired) electrons. The summed E-state index contributed by atoms with van der Waals surface area (Å²) in [6.07, 6.45) is 0. The molecule has 112 valence electrons. The van der Waals surface area contributed by atoms with E-state index in [-0.39, 0.29) is 18.3 Å². The van der Waals surface area contributed by atoms with Gasteiger partial charge in [0.15, 0.2) is 0 Å². The SMILES string of the molecule is CCNC(=O)CN(C)c1ccc(F)cc1CNC(C)C. The van der Waals surface area contributed by atoms with Gasteiger partial charge in [-0.25, -0.2) is 4.39 Å². The normalized spacial score (nSPS) is 10.7. The number of carbonyl (C=O) groups excluding carboxylic acids is 1. The van der Waals surface area contributed by atoms with Crippen molar-refractivity contribution < 1.29 is 9.18 Å². The van der Waals surface area contributed by atoms with Crippen molar-refractivity contribution in [1.82, 2.24) is 10.6 Å². The third-order valence-electron chi connectivity index (χ3n) is 2.91.